The van der Waals surface area contributed by atoms with Gasteiger partial charge in [-0.2, -0.15) is 0 Å². The van der Waals surface area contributed by atoms with Crippen LogP contribution < -0.4 is 5.32 Å². The molecule has 5 nitrogen and oxygen atoms in total. The molecule has 1 aliphatic rings. The van der Waals surface area contributed by atoms with Crippen molar-refractivity contribution in [1.29, 1.82) is 0 Å². The Balaban J connectivity index is 1.75. The molecule has 2 rings (SSSR count). The van der Waals surface area contributed by atoms with E-state index in [9.17, 15) is 4.79 Å². The first-order chi connectivity index (χ1) is 8.94. The third-order valence-electron chi connectivity index (χ3n) is 2.91. The second kappa shape index (κ2) is 5.77. The van der Waals surface area contributed by atoms with Gasteiger partial charge in [-0.25, -0.2) is 9.78 Å². The molecule has 1 aliphatic heterocycles. The van der Waals surface area contributed by atoms with E-state index >= 15 is 0 Å². The van der Waals surface area contributed by atoms with Crippen molar-refractivity contribution in [2.24, 2.45) is 5.92 Å². The number of hydrogen-bond donors (Lipinski definition) is 1. The van der Waals surface area contributed by atoms with E-state index in [-0.39, 0.29) is 6.09 Å². The molecule has 1 aromatic rings. The van der Waals surface area contributed by atoms with Gasteiger partial charge in [-0.3, -0.25) is 0 Å². The van der Waals surface area contributed by atoms with E-state index in [0.717, 1.165) is 31.2 Å². The summed E-state index contributed by atoms with van der Waals surface area (Å²) in [5.41, 5.74) is -0.422. The largest absolute Gasteiger partial charge is 0.444 e. The third kappa shape index (κ3) is 4.38. The predicted octanol–water partition coefficient (Wildman–Crippen LogP) is 2.81. The van der Waals surface area contributed by atoms with Gasteiger partial charge >= 0.3 is 6.09 Å². The molecule has 1 saturated heterocycles. The monoisotopic (exact) mass is 283 g/mol. The highest BCUT2D eigenvalue weighted by atomic mass is 32.1. The van der Waals surface area contributed by atoms with Crippen LogP contribution in [-0.4, -0.2) is 41.2 Å². The van der Waals surface area contributed by atoms with E-state index in [2.05, 4.69) is 10.3 Å². The Labute approximate surface area is 118 Å². The second-order valence-electron chi connectivity index (χ2n) is 5.80. The summed E-state index contributed by atoms with van der Waals surface area (Å²) in [6.45, 7) is 8.06. The molecular formula is C13H21N3O2S. The summed E-state index contributed by atoms with van der Waals surface area (Å²) in [4.78, 5) is 17.9. The number of amides is 1. The summed E-state index contributed by atoms with van der Waals surface area (Å²) >= 11 is 1.59. The fourth-order valence-corrected chi connectivity index (χ4v) is 2.57. The van der Waals surface area contributed by atoms with Crippen LogP contribution in [0.4, 0.5) is 9.93 Å². The van der Waals surface area contributed by atoms with Gasteiger partial charge in [0.15, 0.2) is 5.13 Å². The number of rotatable bonds is 3. The van der Waals surface area contributed by atoms with Gasteiger partial charge < -0.3 is 15.0 Å². The van der Waals surface area contributed by atoms with E-state index < -0.39 is 5.60 Å². The molecule has 1 N–H and O–H groups in total. The first kappa shape index (κ1) is 14.1. The third-order valence-corrected chi connectivity index (χ3v) is 3.64. The molecule has 1 atom stereocenters. The lowest BCUT2D eigenvalue weighted by atomic mass is 10.1. The van der Waals surface area contributed by atoms with Crippen LogP contribution in [0.1, 0.15) is 27.2 Å². The number of hydrogen-bond acceptors (Lipinski definition) is 5. The molecule has 0 radical (unpaired) electrons. The lowest BCUT2D eigenvalue weighted by Gasteiger charge is -2.24. The number of thiazole rings is 1. The van der Waals surface area contributed by atoms with Crippen molar-refractivity contribution in [3.63, 3.8) is 0 Å². The van der Waals surface area contributed by atoms with E-state index in [1.165, 1.54) is 0 Å². The number of aromatic nitrogens is 1. The molecule has 1 fully saturated rings. The Morgan fingerprint density at radius 1 is 1.63 bits per heavy atom. The fraction of sp³-hybridized carbons (Fsp3) is 0.692. The van der Waals surface area contributed by atoms with Crippen LogP contribution in [0.15, 0.2) is 11.6 Å². The van der Waals surface area contributed by atoms with E-state index in [1.807, 2.05) is 26.2 Å². The van der Waals surface area contributed by atoms with Gasteiger partial charge in [0.25, 0.3) is 0 Å². The fourth-order valence-electron chi connectivity index (χ4n) is 2.03. The van der Waals surface area contributed by atoms with Gasteiger partial charge in [0, 0.05) is 31.2 Å². The molecular weight excluding hydrogens is 262 g/mol. The first-order valence-corrected chi connectivity index (χ1v) is 7.43. The lowest BCUT2D eigenvalue weighted by Crippen LogP contribution is -2.35. The molecule has 2 heterocycles. The molecule has 0 bridgehead atoms. The summed E-state index contributed by atoms with van der Waals surface area (Å²) in [5, 5.41) is 6.19. The maximum Gasteiger partial charge on any atom is 0.410 e. The van der Waals surface area contributed by atoms with E-state index in [0.29, 0.717) is 5.92 Å². The minimum atomic E-state index is -0.422. The minimum Gasteiger partial charge on any atom is -0.444 e. The first-order valence-electron chi connectivity index (χ1n) is 6.55. The Hall–Kier alpha value is -1.30. The summed E-state index contributed by atoms with van der Waals surface area (Å²) in [6, 6.07) is 0. The average Bonchev–Trinajstić information content (AvgIpc) is 2.96. The number of likely N-dealkylation sites (tertiary alicyclic amines) is 1. The van der Waals surface area contributed by atoms with Crippen LogP contribution >= 0.6 is 11.3 Å². The molecule has 0 unspecified atom stereocenters. The van der Waals surface area contributed by atoms with Crippen molar-refractivity contribution in [2.45, 2.75) is 32.8 Å². The zero-order valence-electron chi connectivity index (χ0n) is 11.7. The molecule has 0 spiro atoms. The summed E-state index contributed by atoms with van der Waals surface area (Å²) in [6.07, 6.45) is 2.59. The van der Waals surface area contributed by atoms with Gasteiger partial charge in [-0.1, -0.05) is 0 Å². The summed E-state index contributed by atoms with van der Waals surface area (Å²) < 4.78 is 5.38. The van der Waals surface area contributed by atoms with Crippen molar-refractivity contribution in [3.8, 4) is 0 Å². The van der Waals surface area contributed by atoms with Gasteiger partial charge in [0.2, 0.25) is 0 Å². The van der Waals surface area contributed by atoms with Crippen molar-refractivity contribution in [3.05, 3.63) is 11.6 Å². The van der Waals surface area contributed by atoms with Crippen LogP contribution in [0.25, 0.3) is 0 Å². The van der Waals surface area contributed by atoms with Gasteiger partial charge in [0.1, 0.15) is 5.60 Å². The van der Waals surface area contributed by atoms with Crippen LogP contribution in [0.2, 0.25) is 0 Å². The van der Waals surface area contributed by atoms with Crippen molar-refractivity contribution < 1.29 is 9.53 Å². The van der Waals surface area contributed by atoms with E-state index in [1.54, 1.807) is 22.4 Å². The maximum atomic E-state index is 11.9. The number of ether oxygens (including phenoxy) is 1. The van der Waals surface area contributed by atoms with Crippen LogP contribution in [-0.2, 0) is 4.74 Å². The summed E-state index contributed by atoms with van der Waals surface area (Å²) in [7, 11) is 0. The quantitative estimate of drug-likeness (QED) is 0.926. The SMILES string of the molecule is CC(C)(C)OC(=O)N1CC[C@@H](CNc2nccs2)C1. The molecule has 1 amide bonds. The van der Waals surface area contributed by atoms with Crippen LogP contribution in [0.5, 0.6) is 0 Å². The second-order valence-corrected chi connectivity index (χ2v) is 6.69. The molecule has 0 saturated carbocycles. The van der Waals surface area contributed by atoms with Crippen molar-refractivity contribution in [2.75, 3.05) is 25.0 Å². The Morgan fingerprint density at radius 2 is 2.42 bits per heavy atom. The highest BCUT2D eigenvalue weighted by Gasteiger charge is 2.29. The lowest BCUT2D eigenvalue weighted by molar-refractivity contribution is 0.0289. The molecule has 0 aromatic carbocycles. The number of carbonyl (C=O) groups is 1. The van der Waals surface area contributed by atoms with Gasteiger partial charge in [-0.05, 0) is 33.1 Å². The zero-order valence-corrected chi connectivity index (χ0v) is 12.5. The zero-order chi connectivity index (χ0) is 13.9. The highest BCUT2D eigenvalue weighted by Crippen LogP contribution is 2.20. The Bertz CT molecular complexity index is 414. The Kier molecular flexibility index (Phi) is 4.29. The van der Waals surface area contributed by atoms with Gasteiger partial charge in [0.05, 0.1) is 0 Å². The topological polar surface area (TPSA) is 54.5 Å². The minimum absolute atomic E-state index is 0.204. The van der Waals surface area contributed by atoms with Crippen molar-refractivity contribution in [1.82, 2.24) is 9.88 Å². The van der Waals surface area contributed by atoms with Crippen molar-refractivity contribution >= 4 is 22.6 Å². The molecule has 6 heteroatoms. The molecule has 106 valence electrons. The average molecular weight is 283 g/mol. The standard InChI is InChI=1S/C13H21N3O2S/c1-13(2,3)18-12(17)16-6-4-10(9-16)8-15-11-14-5-7-19-11/h5,7,10H,4,6,8-9H2,1-3H3,(H,14,15)/t10-/m0/s1. The van der Waals surface area contributed by atoms with Crippen LogP contribution in [0.3, 0.4) is 0 Å². The number of nitrogens with one attached hydrogen (secondary N) is 1. The van der Waals surface area contributed by atoms with E-state index in [4.69, 9.17) is 4.74 Å². The summed E-state index contributed by atoms with van der Waals surface area (Å²) in [5.74, 6) is 0.469. The van der Waals surface area contributed by atoms with Crippen LogP contribution in [0, 0.1) is 5.92 Å². The molecule has 0 aliphatic carbocycles. The predicted molar refractivity (Wildman–Crippen MR) is 76.5 cm³/mol. The van der Waals surface area contributed by atoms with Gasteiger partial charge in [-0.15, -0.1) is 11.3 Å². The smallest absolute Gasteiger partial charge is 0.410 e. The maximum absolute atomic E-state index is 11.9. The number of anilines is 1. The number of carbonyl (C=O) groups excluding carboxylic acids is 1. The number of nitrogens with zero attached hydrogens (tertiary/aromatic N) is 2. The Morgan fingerprint density at radius 3 is 3.05 bits per heavy atom. The molecule has 1 aromatic heterocycles. The normalized spacial score (nSPS) is 19.5. The highest BCUT2D eigenvalue weighted by molar-refractivity contribution is 7.13. The molecule has 19 heavy (non-hydrogen) atoms.